The summed E-state index contributed by atoms with van der Waals surface area (Å²) in [6.07, 6.45) is 5.40. The molecule has 2 bridgehead atoms. The van der Waals surface area contributed by atoms with Crippen LogP contribution < -0.4 is 5.32 Å². The molecular formula is C16H20FNO2. The number of halogens is 1. The Morgan fingerprint density at radius 3 is 2.85 bits per heavy atom. The van der Waals surface area contributed by atoms with Gasteiger partial charge >= 0.3 is 5.97 Å². The molecule has 0 spiro atoms. The number of carboxylic acids is 1. The molecule has 1 aromatic rings. The highest BCUT2D eigenvalue weighted by atomic mass is 19.1. The van der Waals surface area contributed by atoms with E-state index in [0.29, 0.717) is 12.1 Å². The highest BCUT2D eigenvalue weighted by molar-refractivity contribution is 5.87. The Hall–Kier alpha value is -1.42. The maximum atomic E-state index is 13.7. The van der Waals surface area contributed by atoms with Crippen molar-refractivity contribution >= 4 is 5.97 Å². The van der Waals surface area contributed by atoms with E-state index in [1.807, 2.05) is 0 Å². The number of aromatic carboxylic acids is 1. The van der Waals surface area contributed by atoms with Crippen molar-refractivity contribution in [2.45, 2.75) is 32.2 Å². The predicted molar refractivity (Wildman–Crippen MR) is 74.0 cm³/mol. The smallest absolute Gasteiger partial charge is 0.335 e. The average molecular weight is 277 g/mol. The van der Waals surface area contributed by atoms with Gasteiger partial charge in [-0.15, -0.1) is 0 Å². The van der Waals surface area contributed by atoms with Gasteiger partial charge in [0.05, 0.1) is 5.56 Å². The predicted octanol–water partition coefficient (Wildman–Crippen LogP) is 3.05. The van der Waals surface area contributed by atoms with Gasteiger partial charge in [-0.05, 0) is 61.8 Å². The summed E-state index contributed by atoms with van der Waals surface area (Å²) >= 11 is 0. The van der Waals surface area contributed by atoms with E-state index in [2.05, 4.69) is 5.32 Å². The molecule has 108 valence electrons. The molecule has 0 aliphatic heterocycles. The average Bonchev–Trinajstić information content (AvgIpc) is 3.03. The second kappa shape index (κ2) is 5.52. The zero-order valence-corrected chi connectivity index (χ0v) is 11.4. The second-order valence-electron chi connectivity index (χ2n) is 6.18. The number of benzene rings is 1. The molecule has 4 heteroatoms. The molecule has 3 atom stereocenters. The minimum Gasteiger partial charge on any atom is -0.478 e. The van der Waals surface area contributed by atoms with E-state index in [-0.39, 0.29) is 11.4 Å². The zero-order valence-electron chi connectivity index (χ0n) is 11.4. The lowest BCUT2D eigenvalue weighted by Crippen LogP contribution is -2.26. The summed E-state index contributed by atoms with van der Waals surface area (Å²) in [7, 11) is 0. The van der Waals surface area contributed by atoms with Crippen LogP contribution in [0, 0.1) is 23.6 Å². The van der Waals surface area contributed by atoms with Crippen molar-refractivity contribution in [3.05, 3.63) is 35.1 Å². The second-order valence-corrected chi connectivity index (χ2v) is 6.18. The van der Waals surface area contributed by atoms with Crippen LogP contribution in [0.3, 0.4) is 0 Å². The minimum atomic E-state index is -1.01. The fourth-order valence-corrected chi connectivity index (χ4v) is 3.86. The molecule has 3 rings (SSSR count). The molecule has 0 radical (unpaired) electrons. The van der Waals surface area contributed by atoms with E-state index in [1.165, 1.54) is 43.9 Å². The summed E-state index contributed by atoms with van der Waals surface area (Å²) in [6, 6.07) is 3.96. The summed E-state index contributed by atoms with van der Waals surface area (Å²) in [5.74, 6) is 1.14. The number of carboxylic acid groups (broad SMARTS) is 1. The Morgan fingerprint density at radius 1 is 1.35 bits per heavy atom. The van der Waals surface area contributed by atoms with Crippen LogP contribution in [0.15, 0.2) is 18.2 Å². The van der Waals surface area contributed by atoms with Gasteiger partial charge in [-0.3, -0.25) is 0 Å². The largest absolute Gasteiger partial charge is 0.478 e. The summed E-state index contributed by atoms with van der Waals surface area (Å²) in [5, 5.41) is 12.2. The Kier molecular flexibility index (Phi) is 3.74. The standard InChI is InChI=1S/C16H20FNO2/c17-15-4-3-12(16(19)20)7-14(15)9-18-8-13-6-10-1-2-11(13)5-10/h3-4,7,10-11,13,18H,1-2,5-6,8-9H2,(H,19,20). The van der Waals surface area contributed by atoms with Gasteiger partial charge in [0.1, 0.15) is 5.82 Å². The quantitative estimate of drug-likeness (QED) is 0.869. The van der Waals surface area contributed by atoms with Gasteiger partial charge in [0.15, 0.2) is 0 Å². The lowest BCUT2D eigenvalue weighted by Gasteiger charge is -2.22. The molecule has 0 saturated heterocycles. The van der Waals surface area contributed by atoms with Crippen LogP contribution in [0.5, 0.6) is 0 Å². The van der Waals surface area contributed by atoms with E-state index >= 15 is 0 Å². The molecule has 20 heavy (non-hydrogen) atoms. The van der Waals surface area contributed by atoms with Crippen molar-refractivity contribution in [2.24, 2.45) is 17.8 Å². The van der Waals surface area contributed by atoms with Gasteiger partial charge in [0.25, 0.3) is 0 Å². The molecule has 0 amide bonds. The number of carbonyl (C=O) groups is 1. The molecule has 3 unspecified atom stereocenters. The Balaban J connectivity index is 1.55. The Morgan fingerprint density at radius 2 is 2.20 bits per heavy atom. The van der Waals surface area contributed by atoms with E-state index in [1.54, 1.807) is 0 Å². The number of nitrogens with one attached hydrogen (secondary N) is 1. The molecule has 3 nitrogen and oxygen atoms in total. The number of hydrogen-bond acceptors (Lipinski definition) is 2. The molecule has 1 aromatic carbocycles. The Bertz CT molecular complexity index is 517. The van der Waals surface area contributed by atoms with Crippen LogP contribution in [-0.4, -0.2) is 17.6 Å². The van der Waals surface area contributed by atoms with E-state index < -0.39 is 5.97 Å². The lowest BCUT2D eigenvalue weighted by molar-refractivity contribution is 0.0696. The van der Waals surface area contributed by atoms with Gasteiger partial charge < -0.3 is 10.4 Å². The van der Waals surface area contributed by atoms with Crippen LogP contribution in [0.25, 0.3) is 0 Å². The van der Waals surface area contributed by atoms with Crippen molar-refractivity contribution in [1.82, 2.24) is 5.32 Å². The maximum absolute atomic E-state index is 13.7. The first-order valence-electron chi connectivity index (χ1n) is 7.36. The molecule has 2 aliphatic carbocycles. The molecule has 2 N–H and O–H groups in total. The SMILES string of the molecule is O=C(O)c1ccc(F)c(CNCC2CC3CCC2C3)c1. The third-order valence-electron chi connectivity index (χ3n) is 4.90. The highest BCUT2D eigenvalue weighted by Crippen LogP contribution is 2.47. The number of rotatable bonds is 5. The fourth-order valence-electron chi connectivity index (χ4n) is 3.86. The third kappa shape index (κ3) is 2.70. The van der Waals surface area contributed by atoms with E-state index in [9.17, 15) is 9.18 Å². The summed E-state index contributed by atoms with van der Waals surface area (Å²) in [4.78, 5) is 10.9. The van der Waals surface area contributed by atoms with Gasteiger partial charge in [0, 0.05) is 12.1 Å². The van der Waals surface area contributed by atoms with E-state index in [0.717, 1.165) is 24.3 Å². The molecular weight excluding hydrogens is 257 g/mol. The van der Waals surface area contributed by atoms with Gasteiger partial charge in [-0.2, -0.15) is 0 Å². The molecule has 0 heterocycles. The normalized spacial score (nSPS) is 27.9. The van der Waals surface area contributed by atoms with Gasteiger partial charge in [0.2, 0.25) is 0 Å². The maximum Gasteiger partial charge on any atom is 0.335 e. The molecule has 0 aromatic heterocycles. The van der Waals surface area contributed by atoms with Crippen LogP contribution in [0.2, 0.25) is 0 Å². The van der Waals surface area contributed by atoms with Crippen LogP contribution in [0.1, 0.15) is 41.6 Å². The van der Waals surface area contributed by atoms with E-state index in [4.69, 9.17) is 5.11 Å². The van der Waals surface area contributed by atoms with Crippen molar-refractivity contribution in [3.8, 4) is 0 Å². The number of hydrogen-bond donors (Lipinski definition) is 2. The monoisotopic (exact) mass is 277 g/mol. The topological polar surface area (TPSA) is 49.3 Å². The first-order chi connectivity index (χ1) is 9.63. The van der Waals surface area contributed by atoms with Crippen molar-refractivity contribution in [2.75, 3.05) is 6.54 Å². The minimum absolute atomic E-state index is 0.142. The Labute approximate surface area is 118 Å². The molecule has 2 aliphatic rings. The van der Waals surface area contributed by atoms with Crippen LogP contribution in [0.4, 0.5) is 4.39 Å². The third-order valence-corrected chi connectivity index (χ3v) is 4.90. The van der Waals surface area contributed by atoms with Crippen molar-refractivity contribution in [3.63, 3.8) is 0 Å². The summed E-state index contributed by atoms with van der Waals surface area (Å²) in [6.45, 7) is 1.32. The summed E-state index contributed by atoms with van der Waals surface area (Å²) < 4.78 is 13.7. The first-order valence-corrected chi connectivity index (χ1v) is 7.36. The first kappa shape index (κ1) is 13.6. The molecule has 2 saturated carbocycles. The van der Waals surface area contributed by atoms with Crippen LogP contribution >= 0.6 is 0 Å². The summed E-state index contributed by atoms with van der Waals surface area (Å²) in [5.41, 5.74) is 0.580. The highest BCUT2D eigenvalue weighted by Gasteiger charge is 2.38. The zero-order chi connectivity index (χ0) is 14.1. The molecule has 2 fully saturated rings. The van der Waals surface area contributed by atoms with Gasteiger partial charge in [-0.25, -0.2) is 9.18 Å². The van der Waals surface area contributed by atoms with Crippen molar-refractivity contribution in [1.29, 1.82) is 0 Å². The van der Waals surface area contributed by atoms with Crippen molar-refractivity contribution < 1.29 is 14.3 Å². The fraction of sp³-hybridized carbons (Fsp3) is 0.562. The number of fused-ring (bicyclic) bond motifs is 2. The van der Waals surface area contributed by atoms with Gasteiger partial charge in [-0.1, -0.05) is 6.42 Å². The lowest BCUT2D eigenvalue weighted by atomic mass is 9.89. The van der Waals surface area contributed by atoms with Crippen LogP contribution in [-0.2, 0) is 6.54 Å².